The van der Waals surface area contributed by atoms with E-state index in [9.17, 15) is 18.4 Å². The summed E-state index contributed by atoms with van der Waals surface area (Å²) < 4.78 is 24.6. The first kappa shape index (κ1) is 15.8. The van der Waals surface area contributed by atoms with Crippen molar-refractivity contribution in [2.75, 3.05) is 5.32 Å². The van der Waals surface area contributed by atoms with Crippen molar-refractivity contribution >= 4 is 29.3 Å². The molecule has 0 spiro atoms. The minimum Gasteiger partial charge on any atom is -0.345 e. The summed E-state index contributed by atoms with van der Waals surface area (Å²) in [6.45, 7) is 0. The van der Waals surface area contributed by atoms with Gasteiger partial charge in [0.05, 0.1) is 0 Å². The highest BCUT2D eigenvalue weighted by Gasteiger charge is 2.21. The van der Waals surface area contributed by atoms with Crippen LogP contribution in [0.15, 0.2) is 29.2 Å². The second kappa shape index (κ2) is 7.40. The van der Waals surface area contributed by atoms with Gasteiger partial charge in [-0.1, -0.05) is 30.7 Å². The van der Waals surface area contributed by atoms with E-state index in [4.69, 9.17) is 0 Å². The molecule has 1 fully saturated rings. The van der Waals surface area contributed by atoms with E-state index in [0.29, 0.717) is 22.3 Å². The molecule has 2 amide bonds. The first-order valence-electron chi connectivity index (χ1n) is 6.71. The number of carbonyl (C=O) groups excluding carboxylic acids is 2. The van der Waals surface area contributed by atoms with E-state index in [1.165, 1.54) is 12.1 Å². The van der Waals surface area contributed by atoms with E-state index in [1.54, 1.807) is 12.1 Å². The van der Waals surface area contributed by atoms with Crippen LogP contribution in [0.3, 0.4) is 0 Å². The van der Waals surface area contributed by atoms with Crippen LogP contribution in [0, 0.1) is 0 Å². The predicted octanol–water partition coefficient (Wildman–Crippen LogP) is 3.00. The molecule has 0 atom stereocenters. The molecule has 0 radical (unpaired) electrons. The number of nitrogens with one attached hydrogen (secondary N) is 2. The molecule has 4 nitrogen and oxygen atoms in total. The predicted molar refractivity (Wildman–Crippen MR) is 77.3 cm³/mol. The Morgan fingerprint density at radius 2 is 1.90 bits per heavy atom. The lowest BCUT2D eigenvalue weighted by molar-refractivity contribution is -0.136. The molecule has 0 bridgehead atoms. The minimum absolute atomic E-state index is 0.0592. The summed E-state index contributed by atoms with van der Waals surface area (Å²) in [6.07, 6.45) is 3.89. The van der Waals surface area contributed by atoms with Gasteiger partial charge in [-0.15, -0.1) is 0 Å². The van der Waals surface area contributed by atoms with Gasteiger partial charge < -0.3 is 10.6 Å². The average molecular weight is 314 g/mol. The highest BCUT2D eigenvalue weighted by atomic mass is 32.2. The maximum atomic E-state index is 12.3. The molecule has 7 heteroatoms. The van der Waals surface area contributed by atoms with Crippen LogP contribution in [0.4, 0.5) is 14.5 Å². The fourth-order valence-electron chi connectivity index (χ4n) is 2.26. The number of halogens is 2. The second-order valence-electron chi connectivity index (χ2n) is 4.82. The normalized spacial score (nSPS) is 15.2. The summed E-state index contributed by atoms with van der Waals surface area (Å²) in [6, 6.07) is 6.10. The summed E-state index contributed by atoms with van der Waals surface area (Å²) in [5.41, 5.74) is 0.326. The Kier molecular flexibility index (Phi) is 5.55. The monoisotopic (exact) mass is 314 g/mol. The van der Waals surface area contributed by atoms with Gasteiger partial charge in [-0.05, 0) is 31.0 Å². The van der Waals surface area contributed by atoms with Crippen LogP contribution in [0.2, 0.25) is 0 Å². The number of amides is 2. The third-order valence-corrected chi connectivity index (χ3v) is 3.92. The molecule has 0 unspecified atom stereocenters. The molecule has 1 aliphatic carbocycles. The number of carbonyl (C=O) groups is 2. The molecule has 2 rings (SSSR count). The number of hydrogen-bond acceptors (Lipinski definition) is 3. The molecular formula is C14H16F2N2O2S. The molecule has 0 aliphatic heterocycles. The summed E-state index contributed by atoms with van der Waals surface area (Å²) in [5, 5.41) is 5.09. The first-order valence-corrected chi connectivity index (χ1v) is 7.59. The Balaban J connectivity index is 1.90. The molecule has 2 N–H and O–H groups in total. The summed E-state index contributed by atoms with van der Waals surface area (Å²) in [5.74, 6) is -3.99. The van der Waals surface area contributed by atoms with Crippen molar-refractivity contribution in [1.82, 2.24) is 5.32 Å². The number of thioether (sulfide) groups is 1. The minimum atomic E-state index is -2.53. The Morgan fingerprint density at radius 3 is 2.57 bits per heavy atom. The van der Waals surface area contributed by atoms with E-state index < -0.39 is 17.6 Å². The summed E-state index contributed by atoms with van der Waals surface area (Å²) >= 11 is 0.389. The standard InChI is InChI=1S/C14H16F2N2O2S/c15-14(16)21-11-7-3-6-10(8-11)18-13(20)12(19)17-9-4-1-2-5-9/h3,6-9,14H,1-2,4-5H2,(H,17,19)(H,18,20). The van der Waals surface area contributed by atoms with Crippen LogP contribution in [-0.2, 0) is 9.59 Å². The van der Waals surface area contributed by atoms with Crippen LogP contribution in [0.1, 0.15) is 25.7 Å². The smallest absolute Gasteiger partial charge is 0.313 e. The number of alkyl halides is 2. The van der Waals surface area contributed by atoms with E-state index in [-0.39, 0.29) is 6.04 Å². The van der Waals surface area contributed by atoms with Gasteiger partial charge in [-0.3, -0.25) is 9.59 Å². The molecular weight excluding hydrogens is 298 g/mol. The quantitative estimate of drug-likeness (QED) is 0.663. The van der Waals surface area contributed by atoms with Gasteiger partial charge >= 0.3 is 11.8 Å². The van der Waals surface area contributed by atoms with Crippen molar-refractivity contribution in [1.29, 1.82) is 0 Å². The molecule has 1 aromatic rings. The Morgan fingerprint density at radius 1 is 1.19 bits per heavy atom. The Labute approximate surface area is 125 Å². The zero-order chi connectivity index (χ0) is 15.2. The number of hydrogen-bond donors (Lipinski definition) is 2. The molecule has 0 aromatic heterocycles. The molecule has 1 aromatic carbocycles. The maximum absolute atomic E-state index is 12.3. The lowest BCUT2D eigenvalue weighted by Crippen LogP contribution is -2.40. The van der Waals surface area contributed by atoms with Gasteiger partial charge in [0.2, 0.25) is 0 Å². The topological polar surface area (TPSA) is 58.2 Å². The van der Waals surface area contributed by atoms with Crippen molar-refractivity contribution in [3.8, 4) is 0 Å². The summed E-state index contributed by atoms with van der Waals surface area (Å²) in [7, 11) is 0. The van der Waals surface area contributed by atoms with Gasteiger partial charge in [-0.25, -0.2) is 0 Å². The van der Waals surface area contributed by atoms with Gasteiger partial charge in [0.25, 0.3) is 5.76 Å². The van der Waals surface area contributed by atoms with Gasteiger partial charge in [-0.2, -0.15) is 8.78 Å². The van der Waals surface area contributed by atoms with Crippen LogP contribution < -0.4 is 10.6 Å². The van der Waals surface area contributed by atoms with Gasteiger partial charge in [0.1, 0.15) is 0 Å². The van der Waals surface area contributed by atoms with Crippen molar-refractivity contribution in [2.24, 2.45) is 0 Å². The van der Waals surface area contributed by atoms with Crippen molar-refractivity contribution in [2.45, 2.75) is 42.4 Å². The van der Waals surface area contributed by atoms with Crippen LogP contribution in [-0.4, -0.2) is 23.6 Å². The van der Waals surface area contributed by atoms with Crippen LogP contribution >= 0.6 is 11.8 Å². The maximum Gasteiger partial charge on any atom is 0.313 e. The summed E-state index contributed by atoms with van der Waals surface area (Å²) in [4.78, 5) is 23.8. The third-order valence-electron chi connectivity index (χ3n) is 3.21. The largest absolute Gasteiger partial charge is 0.345 e. The van der Waals surface area contributed by atoms with Gasteiger partial charge in [0.15, 0.2) is 0 Å². The SMILES string of the molecule is O=C(Nc1cccc(SC(F)F)c1)C(=O)NC1CCCC1. The third kappa shape index (κ3) is 5.00. The first-order chi connectivity index (χ1) is 10.0. The highest BCUT2D eigenvalue weighted by Crippen LogP contribution is 2.27. The lowest BCUT2D eigenvalue weighted by atomic mass is 10.2. The van der Waals surface area contributed by atoms with E-state index in [2.05, 4.69) is 10.6 Å². The molecule has 0 heterocycles. The van der Waals surface area contributed by atoms with Gasteiger partial charge in [0, 0.05) is 16.6 Å². The van der Waals surface area contributed by atoms with Crippen molar-refractivity contribution in [3.05, 3.63) is 24.3 Å². The van der Waals surface area contributed by atoms with Crippen LogP contribution in [0.5, 0.6) is 0 Å². The Bertz CT molecular complexity index is 519. The molecule has 1 aliphatic rings. The number of rotatable bonds is 4. The van der Waals surface area contributed by atoms with E-state index in [1.807, 2.05) is 0 Å². The zero-order valence-corrected chi connectivity index (χ0v) is 12.1. The molecule has 1 saturated carbocycles. The van der Waals surface area contributed by atoms with Crippen LogP contribution in [0.25, 0.3) is 0 Å². The fourth-order valence-corrected chi connectivity index (χ4v) is 2.82. The van der Waals surface area contributed by atoms with Crippen molar-refractivity contribution in [3.63, 3.8) is 0 Å². The number of benzene rings is 1. The fraction of sp³-hybridized carbons (Fsp3) is 0.429. The zero-order valence-electron chi connectivity index (χ0n) is 11.3. The highest BCUT2D eigenvalue weighted by molar-refractivity contribution is 7.99. The molecule has 114 valence electrons. The van der Waals surface area contributed by atoms with E-state index >= 15 is 0 Å². The van der Waals surface area contributed by atoms with Crippen molar-refractivity contribution < 1.29 is 18.4 Å². The Hall–Kier alpha value is -1.63. The van der Waals surface area contributed by atoms with E-state index in [0.717, 1.165) is 25.7 Å². The number of anilines is 1. The molecule has 0 saturated heterocycles. The lowest BCUT2D eigenvalue weighted by Gasteiger charge is -2.12. The second-order valence-corrected chi connectivity index (χ2v) is 5.88. The average Bonchev–Trinajstić information content (AvgIpc) is 2.91. The molecule has 21 heavy (non-hydrogen) atoms.